The summed E-state index contributed by atoms with van der Waals surface area (Å²) < 4.78 is 0. The van der Waals surface area contributed by atoms with E-state index in [0.29, 0.717) is 16.9 Å². The second kappa shape index (κ2) is 4.69. The number of nitrogens with zero attached hydrogens (tertiary/aromatic N) is 1. The molecule has 1 aliphatic carbocycles. The van der Waals surface area contributed by atoms with Crippen LogP contribution >= 0.6 is 0 Å². The van der Waals surface area contributed by atoms with E-state index in [4.69, 9.17) is 5.73 Å². The van der Waals surface area contributed by atoms with Crippen LogP contribution < -0.4 is 11.1 Å². The quantitative estimate of drug-likeness (QED) is 0.846. The molecule has 3 N–H and O–H groups in total. The Morgan fingerprint density at radius 2 is 1.79 bits per heavy atom. The van der Waals surface area contributed by atoms with Crippen LogP contribution in [0.2, 0.25) is 0 Å². The van der Waals surface area contributed by atoms with Crippen molar-refractivity contribution in [1.29, 1.82) is 0 Å². The van der Waals surface area contributed by atoms with Gasteiger partial charge in [0, 0.05) is 12.2 Å². The van der Waals surface area contributed by atoms with Crippen molar-refractivity contribution in [2.75, 3.05) is 11.1 Å². The highest BCUT2D eigenvalue weighted by molar-refractivity contribution is 5.65. The second-order valence-corrected chi connectivity index (χ2v) is 7.64. The molecule has 1 aromatic rings. The monoisotopic (exact) mass is 261 g/mol. The number of pyridine rings is 1. The molecule has 0 radical (unpaired) electrons. The molecular formula is C16H27N3. The smallest absolute Gasteiger partial charge is 0.149 e. The van der Waals surface area contributed by atoms with E-state index in [0.717, 1.165) is 17.1 Å². The maximum atomic E-state index is 6.11. The van der Waals surface area contributed by atoms with Crippen molar-refractivity contribution in [3.05, 3.63) is 17.8 Å². The molecule has 0 atom stereocenters. The number of nitrogen functional groups attached to an aromatic ring is 1. The van der Waals surface area contributed by atoms with Crippen LogP contribution in [-0.4, -0.2) is 11.0 Å². The molecule has 1 heterocycles. The first-order valence-corrected chi connectivity index (χ1v) is 7.16. The van der Waals surface area contributed by atoms with E-state index in [1.54, 1.807) is 0 Å². The molecule has 0 unspecified atom stereocenters. The predicted octanol–water partition coefficient (Wildman–Crippen LogP) is 3.99. The molecule has 3 nitrogen and oxygen atoms in total. The average Bonchev–Trinajstić information content (AvgIpc) is 2.20. The van der Waals surface area contributed by atoms with E-state index in [1.807, 2.05) is 19.2 Å². The Kier molecular flexibility index (Phi) is 3.50. The van der Waals surface area contributed by atoms with Gasteiger partial charge in [0.1, 0.15) is 5.82 Å². The number of aromatic nitrogens is 1. The molecular weight excluding hydrogens is 234 g/mol. The summed E-state index contributed by atoms with van der Waals surface area (Å²) in [4.78, 5) is 4.39. The summed E-state index contributed by atoms with van der Waals surface area (Å²) in [7, 11) is 0. The van der Waals surface area contributed by atoms with Crippen molar-refractivity contribution in [2.45, 2.75) is 59.9 Å². The third-order valence-electron chi connectivity index (χ3n) is 4.10. The Labute approximate surface area is 117 Å². The summed E-state index contributed by atoms with van der Waals surface area (Å²) in [6.45, 7) is 11.5. The molecule has 0 saturated heterocycles. The summed E-state index contributed by atoms with van der Waals surface area (Å²) in [6, 6.07) is 2.41. The second-order valence-electron chi connectivity index (χ2n) is 7.64. The summed E-state index contributed by atoms with van der Waals surface area (Å²) in [5.41, 5.74) is 8.73. The average molecular weight is 261 g/mol. The lowest BCUT2D eigenvalue weighted by atomic mass is 9.63. The third kappa shape index (κ3) is 3.40. The Morgan fingerprint density at radius 1 is 1.21 bits per heavy atom. The summed E-state index contributed by atoms with van der Waals surface area (Å²) in [6.07, 6.45) is 5.44. The highest BCUT2D eigenvalue weighted by Crippen LogP contribution is 2.46. The number of rotatable bonds is 2. The Hall–Kier alpha value is -1.25. The topological polar surface area (TPSA) is 50.9 Å². The SMILES string of the molecule is Cc1ccnc(NC2CC(C)(C)CC(C)(C)C2)c1N. The minimum absolute atomic E-state index is 0.373. The van der Waals surface area contributed by atoms with Crippen LogP contribution in [-0.2, 0) is 0 Å². The van der Waals surface area contributed by atoms with Gasteiger partial charge in [-0.15, -0.1) is 0 Å². The lowest BCUT2D eigenvalue weighted by Gasteiger charge is -2.45. The van der Waals surface area contributed by atoms with E-state index < -0.39 is 0 Å². The minimum Gasteiger partial charge on any atom is -0.396 e. The summed E-state index contributed by atoms with van der Waals surface area (Å²) in [5.74, 6) is 0.846. The first-order valence-electron chi connectivity index (χ1n) is 7.16. The normalized spacial score (nSPS) is 22.2. The van der Waals surface area contributed by atoms with Crippen LogP contribution in [0.3, 0.4) is 0 Å². The minimum atomic E-state index is 0.373. The number of hydrogen-bond acceptors (Lipinski definition) is 3. The number of anilines is 2. The van der Waals surface area contributed by atoms with Gasteiger partial charge < -0.3 is 11.1 Å². The van der Waals surface area contributed by atoms with Gasteiger partial charge in [-0.1, -0.05) is 27.7 Å². The molecule has 1 saturated carbocycles. The summed E-state index contributed by atoms with van der Waals surface area (Å²) >= 11 is 0. The summed E-state index contributed by atoms with van der Waals surface area (Å²) in [5, 5.41) is 3.57. The lowest BCUT2D eigenvalue weighted by molar-refractivity contribution is 0.105. The van der Waals surface area contributed by atoms with E-state index in [1.165, 1.54) is 19.3 Å². The molecule has 2 rings (SSSR count). The molecule has 3 heteroatoms. The number of nitrogens with two attached hydrogens (primary N) is 1. The van der Waals surface area contributed by atoms with Crippen molar-refractivity contribution in [2.24, 2.45) is 10.8 Å². The van der Waals surface area contributed by atoms with Gasteiger partial charge in [0.15, 0.2) is 0 Å². The first kappa shape index (κ1) is 14.2. The molecule has 106 valence electrons. The van der Waals surface area contributed by atoms with Crippen LogP contribution in [0.5, 0.6) is 0 Å². The number of aryl methyl sites for hydroxylation is 1. The Balaban J connectivity index is 2.16. The molecule has 0 spiro atoms. The van der Waals surface area contributed by atoms with Gasteiger partial charge in [0.05, 0.1) is 5.69 Å². The zero-order valence-electron chi connectivity index (χ0n) is 12.9. The van der Waals surface area contributed by atoms with Gasteiger partial charge in [-0.25, -0.2) is 4.98 Å². The van der Waals surface area contributed by atoms with Gasteiger partial charge in [0.25, 0.3) is 0 Å². The van der Waals surface area contributed by atoms with Crippen LogP contribution in [0.1, 0.15) is 52.5 Å². The van der Waals surface area contributed by atoms with E-state index in [2.05, 4.69) is 38.0 Å². The highest BCUT2D eigenvalue weighted by atomic mass is 15.0. The number of nitrogens with one attached hydrogen (secondary N) is 1. The Bertz CT molecular complexity index is 447. The van der Waals surface area contributed by atoms with Gasteiger partial charge >= 0.3 is 0 Å². The fourth-order valence-electron chi connectivity index (χ4n) is 3.83. The van der Waals surface area contributed by atoms with Gasteiger partial charge in [0.2, 0.25) is 0 Å². The lowest BCUT2D eigenvalue weighted by Crippen LogP contribution is -2.40. The highest BCUT2D eigenvalue weighted by Gasteiger charge is 2.38. The Morgan fingerprint density at radius 3 is 2.37 bits per heavy atom. The van der Waals surface area contributed by atoms with Crippen molar-refractivity contribution in [3.8, 4) is 0 Å². The molecule has 19 heavy (non-hydrogen) atoms. The van der Waals surface area contributed by atoms with Crippen LogP contribution in [0, 0.1) is 17.8 Å². The molecule has 0 aliphatic heterocycles. The maximum absolute atomic E-state index is 6.11. The first-order chi connectivity index (χ1) is 8.69. The predicted molar refractivity (Wildman–Crippen MR) is 82.2 cm³/mol. The molecule has 0 amide bonds. The fourth-order valence-corrected chi connectivity index (χ4v) is 3.83. The molecule has 1 aliphatic rings. The van der Waals surface area contributed by atoms with Crippen molar-refractivity contribution < 1.29 is 0 Å². The maximum Gasteiger partial charge on any atom is 0.149 e. The van der Waals surface area contributed by atoms with Gasteiger partial charge in [-0.3, -0.25) is 0 Å². The van der Waals surface area contributed by atoms with E-state index in [-0.39, 0.29) is 0 Å². The van der Waals surface area contributed by atoms with Crippen molar-refractivity contribution in [1.82, 2.24) is 4.98 Å². The van der Waals surface area contributed by atoms with Crippen LogP contribution in [0.25, 0.3) is 0 Å². The zero-order valence-corrected chi connectivity index (χ0v) is 12.9. The number of hydrogen-bond donors (Lipinski definition) is 2. The molecule has 1 fully saturated rings. The third-order valence-corrected chi connectivity index (χ3v) is 4.10. The van der Waals surface area contributed by atoms with E-state index >= 15 is 0 Å². The van der Waals surface area contributed by atoms with Crippen LogP contribution in [0.15, 0.2) is 12.3 Å². The van der Waals surface area contributed by atoms with Crippen molar-refractivity contribution >= 4 is 11.5 Å². The largest absolute Gasteiger partial charge is 0.396 e. The molecule has 0 aromatic carbocycles. The van der Waals surface area contributed by atoms with Crippen LogP contribution in [0.4, 0.5) is 11.5 Å². The molecule has 1 aromatic heterocycles. The van der Waals surface area contributed by atoms with Gasteiger partial charge in [-0.05, 0) is 48.6 Å². The van der Waals surface area contributed by atoms with E-state index in [9.17, 15) is 0 Å². The zero-order chi connectivity index (χ0) is 14.3. The standard InChI is InChI=1S/C16H27N3/c1-11-6-7-18-14(13(11)17)19-12-8-15(2,3)10-16(4,5)9-12/h6-7,12H,8-10,17H2,1-5H3,(H,18,19). The van der Waals surface area contributed by atoms with Crippen molar-refractivity contribution in [3.63, 3.8) is 0 Å². The van der Waals surface area contributed by atoms with Gasteiger partial charge in [-0.2, -0.15) is 0 Å². The molecule has 0 bridgehead atoms. The fraction of sp³-hybridized carbons (Fsp3) is 0.688.